The first-order chi connectivity index (χ1) is 9.78. The predicted octanol–water partition coefficient (Wildman–Crippen LogP) is 1.94. The first kappa shape index (κ1) is 12.5. The minimum absolute atomic E-state index is 0.158. The molecular formula is C15H14N2O3. The van der Waals surface area contributed by atoms with Gasteiger partial charge in [-0.05, 0) is 36.6 Å². The number of likely N-dealkylation sites (tertiary alicyclic amines) is 1. The van der Waals surface area contributed by atoms with Crippen molar-refractivity contribution in [1.82, 2.24) is 4.90 Å². The summed E-state index contributed by atoms with van der Waals surface area (Å²) >= 11 is 0. The van der Waals surface area contributed by atoms with E-state index in [1.165, 1.54) is 0 Å². The molecule has 2 aliphatic rings. The zero-order valence-electron chi connectivity index (χ0n) is 11.0. The minimum atomic E-state index is -0.192. The summed E-state index contributed by atoms with van der Waals surface area (Å²) in [7, 11) is 0. The molecular weight excluding hydrogens is 256 g/mol. The van der Waals surface area contributed by atoms with Crippen molar-refractivity contribution in [1.29, 1.82) is 5.26 Å². The molecule has 5 nitrogen and oxygen atoms in total. The Morgan fingerprint density at radius 3 is 2.75 bits per heavy atom. The molecule has 0 saturated carbocycles. The summed E-state index contributed by atoms with van der Waals surface area (Å²) < 4.78 is 10.5. The highest BCUT2D eigenvalue weighted by molar-refractivity contribution is 6.01. The molecule has 1 aromatic carbocycles. The molecule has 1 fully saturated rings. The summed E-state index contributed by atoms with van der Waals surface area (Å²) in [5.74, 6) is 1.14. The number of hydrogen-bond acceptors (Lipinski definition) is 4. The van der Waals surface area contributed by atoms with Crippen molar-refractivity contribution in [2.75, 3.05) is 19.9 Å². The number of fused-ring (bicyclic) bond motifs is 1. The van der Waals surface area contributed by atoms with E-state index in [-0.39, 0.29) is 18.3 Å². The van der Waals surface area contributed by atoms with Crippen molar-refractivity contribution in [3.8, 4) is 17.6 Å². The normalized spacial score (nSPS) is 17.1. The maximum atomic E-state index is 12.2. The van der Waals surface area contributed by atoms with Gasteiger partial charge in [0, 0.05) is 13.1 Å². The summed E-state index contributed by atoms with van der Waals surface area (Å²) in [4.78, 5) is 13.9. The number of amides is 1. The third kappa shape index (κ3) is 2.32. The first-order valence-corrected chi connectivity index (χ1v) is 6.58. The van der Waals surface area contributed by atoms with Crippen LogP contribution in [0.25, 0.3) is 6.08 Å². The highest BCUT2D eigenvalue weighted by Crippen LogP contribution is 2.33. The van der Waals surface area contributed by atoms with E-state index in [9.17, 15) is 10.1 Å². The van der Waals surface area contributed by atoms with Gasteiger partial charge in [-0.25, -0.2) is 0 Å². The fourth-order valence-electron chi connectivity index (χ4n) is 2.40. The van der Waals surface area contributed by atoms with Gasteiger partial charge >= 0.3 is 0 Å². The zero-order valence-corrected chi connectivity index (χ0v) is 11.0. The molecule has 3 rings (SSSR count). The van der Waals surface area contributed by atoms with Crippen LogP contribution in [0.2, 0.25) is 0 Å². The summed E-state index contributed by atoms with van der Waals surface area (Å²) in [5, 5.41) is 9.19. The number of hydrogen-bond donors (Lipinski definition) is 0. The fourth-order valence-corrected chi connectivity index (χ4v) is 2.40. The number of nitrogens with zero attached hydrogens (tertiary/aromatic N) is 2. The molecule has 0 radical (unpaired) electrons. The molecule has 102 valence electrons. The van der Waals surface area contributed by atoms with Crippen LogP contribution in [0.15, 0.2) is 23.8 Å². The van der Waals surface area contributed by atoms with Gasteiger partial charge in [0.1, 0.15) is 11.6 Å². The van der Waals surface area contributed by atoms with Gasteiger partial charge in [-0.15, -0.1) is 0 Å². The predicted molar refractivity (Wildman–Crippen MR) is 72.0 cm³/mol. The van der Waals surface area contributed by atoms with Crippen LogP contribution in [0.3, 0.4) is 0 Å². The number of carbonyl (C=O) groups excluding carboxylic acids is 1. The average Bonchev–Trinajstić information content (AvgIpc) is 3.14. The molecule has 2 heterocycles. The summed E-state index contributed by atoms with van der Waals surface area (Å²) in [6.07, 6.45) is 3.62. The van der Waals surface area contributed by atoms with E-state index in [2.05, 4.69) is 0 Å². The van der Waals surface area contributed by atoms with E-state index in [4.69, 9.17) is 9.47 Å². The maximum absolute atomic E-state index is 12.2. The largest absolute Gasteiger partial charge is 0.454 e. The van der Waals surface area contributed by atoms with Gasteiger partial charge in [-0.2, -0.15) is 5.26 Å². The summed E-state index contributed by atoms with van der Waals surface area (Å²) in [6, 6.07) is 7.36. The van der Waals surface area contributed by atoms with Gasteiger partial charge < -0.3 is 14.4 Å². The SMILES string of the molecule is N#C/C(=C/c1ccc2c(c1)OCO2)C(=O)N1CCCC1. The Hall–Kier alpha value is -2.48. The Balaban J connectivity index is 1.85. The van der Waals surface area contributed by atoms with E-state index < -0.39 is 0 Å². The molecule has 1 saturated heterocycles. The quantitative estimate of drug-likeness (QED) is 0.608. The Morgan fingerprint density at radius 1 is 1.25 bits per heavy atom. The smallest absolute Gasteiger partial charge is 0.264 e. The second-order valence-corrected chi connectivity index (χ2v) is 4.78. The van der Waals surface area contributed by atoms with Gasteiger partial charge in [0.15, 0.2) is 11.5 Å². The standard InChI is InChI=1S/C15H14N2O3/c16-9-12(15(18)17-5-1-2-6-17)7-11-3-4-13-14(8-11)20-10-19-13/h3-4,7-8H,1-2,5-6,10H2/b12-7-. The third-order valence-corrected chi connectivity index (χ3v) is 3.45. The second kappa shape index (κ2) is 5.25. The summed E-state index contributed by atoms with van der Waals surface area (Å²) in [5.41, 5.74) is 0.920. The van der Waals surface area contributed by atoms with Gasteiger partial charge in [-0.1, -0.05) is 6.07 Å². The Morgan fingerprint density at radius 2 is 2.00 bits per heavy atom. The lowest BCUT2D eigenvalue weighted by atomic mass is 10.1. The van der Waals surface area contributed by atoms with Crippen LogP contribution in [-0.2, 0) is 4.79 Å². The van der Waals surface area contributed by atoms with Crippen molar-refractivity contribution in [2.24, 2.45) is 0 Å². The monoisotopic (exact) mass is 270 g/mol. The maximum Gasteiger partial charge on any atom is 0.264 e. The van der Waals surface area contributed by atoms with E-state index in [0.717, 1.165) is 31.5 Å². The van der Waals surface area contributed by atoms with E-state index in [1.54, 1.807) is 23.1 Å². The lowest BCUT2D eigenvalue weighted by molar-refractivity contribution is -0.125. The van der Waals surface area contributed by atoms with E-state index in [0.29, 0.717) is 11.5 Å². The molecule has 5 heteroatoms. The molecule has 0 N–H and O–H groups in total. The van der Waals surface area contributed by atoms with Crippen molar-refractivity contribution in [3.63, 3.8) is 0 Å². The van der Waals surface area contributed by atoms with Crippen LogP contribution >= 0.6 is 0 Å². The molecule has 1 aromatic rings. The number of carbonyl (C=O) groups is 1. The van der Waals surface area contributed by atoms with Gasteiger partial charge in [-0.3, -0.25) is 4.79 Å². The zero-order chi connectivity index (χ0) is 13.9. The first-order valence-electron chi connectivity index (χ1n) is 6.58. The molecule has 2 aliphatic heterocycles. The number of nitriles is 1. The fraction of sp³-hybridized carbons (Fsp3) is 0.333. The van der Waals surface area contributed by atoms with Gasteiger partial charge in [0.05, 0.1) is 0 Å². The van der Waals surface area contributed by atoms with Crippen LogP contribution in [0.1, 0.15) is 18.4 Å². The van der Waals surface area contributed by atoms with Gasteiger partial charge in [0.2, 0.25) is 6.79 Å². The van der Waals surface area contributed by atoms with Crippen molar-refractivity contribution in [3.05, 3.63) is 29.3 Å². The lowest BCUT2D eigenvalue weighted by Crippen LogP contribution is -2.28. The van der Waals surface area contributed by atoms with E-state index >= 15 is 0 Å². The Labute approximate surface area is 117 Å². The van der Waals surface area contributed by atoms with Crippen LogP contribution in [0, 0.1) is 11.3 Å². The Kier molecular flexibility index (Phi) is 3.30. The van der Waals surface area contributed by atoms with Gasteiger partial charge in [0.25, 0.3) is 5.91 Å². The topological polar surface area (TPSA) is 62.6 Å². The van der Waals surface area contributed by atoms with Crippen LogP contribution < -0.4 is 9.47 Å². The highest BCUT2D eigenvalue weighted by Gasteiger charge is 2.21. The second-order valence-electron chi connectivity index (χ2n) is 4.78. The van der Waals surface area contributed by atoms with Crippen LogP contribution in [-0.4, -0.2) is 30.7 Å². The molecule has 0 aliphatic carbocycles. The lowest BCUT2D eigenvalue weighted by Gasteiger charge is -2.14. The van der Waals surface area contributed by atoms with Crippen LogP contribution in [0.4, 0.5) is 0 Å². The molecule has 0 aromatic heterocycles. The molecule has 0 bridgehead atoms. The van der Waals surface area contributed by atoms with E-state index in [1.807, 2.05) is 12.1 Å². The average molecular weight is 270 g/mol. The Bertz CT molecular complexity index is 610. The number of rotatable bonds is 2. The highest BCUT2D eigenvalue weighted by atomic mass is 16.7. The molecule has 0 atom stereocenters. The molecule has 20 heavy (non-hydrogen) atoms. The minimum Gasteiger partial charge on any atom is -0.454 e. The van der Waals surface area contributed by atoms with Crippen LogP contribution in [0.5, 0.6) is 11.5 Å². The summed E-state index contributed by atoms with van der Waals surface area (Å²) in [6.45, 7) is 1.68. The third-order valence-electron chi connectivity index (χ3n) is 3.45. The van der Waals surface area contributed by atoms with Crippen molar-refractivity contribution >= 4 is 12.0 Å². The molecule has 1 amide bonds. The molecule has 0 spiro atoms. The van der Waals surface area contributed by atoms with Crippen molar-refractivity contribution < 1.29 is 14.3 Å². The number of ether oxygens (including phenoxy) is 2. The number of benzene rings is 1. The molecule has 0 unspecified atom stereocenters. The van der Waals surface area contributed by atoms with Crippen molar-refractivity contribution in [2.45, 2.75) is 12.8 Å².